The number of aromatic nitrogens is 4. The molecular weight excluding hydrogens is 497 g/mol. The molecule has 8 nitrogen and oxygen atoms in total. The Balaban J connectivity index is 1.29. The van der Waals surface area contributed by atoms with Crippen molar-refractivity contribution in [3.63, 3.8) is 0 Å². The van der Waals surface area contributed by atoms with Crippen molar-refractivity contribution < 1.29 is 22.7 Å². The molecule has 3 aromatic rings. The number of benzene rings is 1. The van der Waals surface area contributed by atoms with E-state index < -0.39 is 23.1 Å². The number of carbonyl (C=O) groups excluding carboxylic acids is 1. The number of halogens is 3. The van der Waals surface area contributed by atoms with E-state index in [1.54, 1.807) is 6.33 Å². The minimum Gasteiger partial charge on any atom is -0.379 e. The molecule has 8 rings (SSSR count). The molecule has 1 N–H and O–H groups in total. The van der Waals surface area contributed by atoms with Gasteiger partial charge in [0.1, 0.15) is 23.8 Å². The van der Waals surface area contributed by atoms with Crippen LogP contribution in [0.15, 0.2) is 36.7 Å². The van der Waals surface area contributed by atoms with Crippen LogP contribution in [-0.4, -0.2) is 44.4 Å². The zero-order valence-electron chi connectivity index (χ0n) is 20.9. The van der Waals surface area contributed by atoms with Gasteiger partial charge in [0.2, 0.25) is 0 Å². The van der Waals surface area contributed by atoms with E-state index in [0.29, 0.717) is 31.3 Å². The van der Waals surface area contributed by atoms with E-state index in [9.17, 15) is 18.0 Å². The van der Waals surface area contributed by atoms with Crippen LogP contribution in [-0.2, 0) is 36.3 Å². The van der Waals surface area contributed by atoms with Crippen molar-refractivity contribution >= 4 is 17.5 Å². The van der Waals surface area contributed by atoms with E-state index in [1.165, 1.54) is 23.5 Å². The average Bonchev–Trinajstić information content (AvgIpc) is 3.60. The van der Waals surface area contributed by atoms with Crippen LogP contribution in [0.1, 0.15) is 58.6 Å². The Morgan fingerprint density at radius 3 is 2.66 bits per heavy atom. The van der Waals surface area contributed by atoms with E-state index in [0.717, 1.165) is 42.6 Å². The van der Waals surface area contributed by atoms with Crippen molar-refractivity contribution in [3.8, 4) is 0 Å². The normalized spacial score (nSPS) is 25.2. The fourth-order valence-corrected chi connectivity index (χ4v) is 6.67. The maximum atomic E-state index is 13.7. The molecule has 0 unspecified atom stereocenters. The summed E-state index contributed by atoms with van der Waals surface area (Å²) in [5.41, 5.74) is -0.206. The molecule has 3 aliphatic carbocycles. The number of alkyl halides is 3. The third-order valence-electron chi connectivity index (χ3n) is 8.82. The predicted octanol–water partition coefficient (Wildman–Crippen LogP) is 4.25. The van der Waals surface area contributed by atoms with Crippen LogP contribution in [0.3, 0.4) is 0 Å². The third-order valence-corrected chi connectivity index (χ3v) is 8.82. The second kappa shape index (κ2) is 8.02. The van der Waals surface area contributed by atoms with Crippen molar-refractivity contribution in [1.82, 2.24) is 19.7 Å². The third kappa shape index (κ3) is 3.62. The van der Waals surface area contributed by atoms with Gasteiger partial charge in [-0.3, -0.25) is 9.69 Å². The maximum Gasteiger partial charge on any atom is 0.416 e. The van der Waals surface area contributed by atoms with Crippen molar-refractivity contribution in [3.05, 3.63) is 64.7 Å². The number of hydrogen-bond donors (Lipinski definition) is 1. The molecule has 1 saturated heterocycles. The molecule has 1 amide bonds. The zero-order valence-corrected chi connectivity index (χ0v) is 20.9. The van der Waals surface area contributed by atoms with Crippen LogP contribution in [0.4, 0.5) is 24.8 Å². The van der Waals surface area contributed by atoms with Gasteiger partial charge in [-0.2, -0.15) is 13.2 Å². The Bertz CT molecular complexity index is 1440. The number of carbonyl (C=O) groups is 1. The fraction of sp³-hybridized carbons (Fsp3) is 0.481. The van der Waals surface area contributed by atoms with Crippen molar-refractivity contribution in [2.24, 2.45) is 13.0 Å². The Kier molecular flexibility index (Phi) is 4.99. The summed E-state index contributed by atoms with van der Waals surface area (Å²) < 4.78 is 48.8. The Labute approximate surface area is 217 Å². The first-order valence-corrected chi connectivity index (χ1v) is 12.9. The van der Waals surface area contributed by atoms with Gasteiger partial charge in [-0.25, -0.2) is 4.98 Å². The summed E-state index contributed by atoms with van der Waals surface area (Å²) in [5, 5.41) is 11.9. The highest BCUT2D eigenvalue weighted by molar-refractivity contribution is 6.10. The lowest BCUT2D eigenvalue weighted by atomic mass is 9.75. The predicted molar refractivity (Wildman–Crippen MR) is 132 cm³/mol. The molecule has 198 valence electrons. The van der Waals surface area contributed by atoms with Crippen LogP contribution in [0.25, 0.3) is 0 Å². The van der Waals surface area contributed by atoms with Gasteiger partial charge in [-0.15, -0.1) is 10.2 Å². The van der Waals surface area contributed by atoms with E-state index >= 15 is 0 Å². The van der Waals surface area contributed by atoms with Gasteiger partial charge in [0.15, 0.2) is 0 Å². The van der Waals surface area contributed by atoms with Gasteiger partial charge in [0.25, 0.3) is 5.91 Å². The van der Waals surface area contributed by atoms with Gasteiger partial charge < -0.3 is 14.6 Å². The SMILES string of the molecule is Cn1cnnc1CC1(c2cc(NC34CCC(C3)C4)nc(N3Cc4c(cccc4C(F)(F)F)C3=O)c2)COC1. The number of amides is 1. The number of anilines is 2. The fourth-order valence-electron chi connectivity index (χ4n) is 6.67. The van der Waals surface area contributed by atoms with Crippen molar-refractivity contribution in [2.75, 3.05) is 23.4 Å². The molecule has 2 aliphatic heterocycles. The van der Waals surface area contributed by atoms with E-state index in [4.69, 9.17) is 9.72 Å². The van der Waals surface area contributed by atoms with Crippen LogP contribution >= 0.6 is 0 Å². The topological polar surface area (TPSA) is 85.2 Å². The van der Waals surface area contributed by atoms with Crippen LogP contribution < -0.4 is 10.2 Å². The highest BCUT2D eigenvalue weighted by atomic mass is 19.4. The minimum atomic E-state index is -4.55. The molecule has 3 saturated carbocycles. The summed E-state index contributed by atoms with van der Waals surface area (Å²) in [6.45, 7) is 0.741. The van der Waals surface area contributed by atoms with E-state index in [2.05, 4.69) is 15.5 Å². The van der Waals surface area contributed by atoms with Gasteiger partial charge in [0.05, 0.1) is 25.3 Å². The highest BCUT2D eigenvalue weighted by Gasteiger charge is 2.51. The number of aryl methyl sites for hydroxylation is 1. The lowest BCUT2D eigenvalue weighted by molar-refractivity contribution is -0.138. The first-order valence-electron chi connectivity index (χ1n) is 12.9. The molecule has 4 fully saturated rings. The molecule has 1 aromatic carbocycles. The molecule has 2 bridgehead atoms. The number of nitrogens with zero attached hydrogens (tertiary/aromatic N) is 5. The van der Waals surface area contributed by atoms with Gasteiger partial charge in [0, 0.05) is 30.0 Å². The molecule has 38 heavy (non-hydrogen) atoms. The first kappa shape index (κ1) is 23.6. The number of fused-ring (bicyclic) bond motifs is 2. The second-order valence-electron chi connectivity index (χ2n) is 11.3. The molecule has 0 atom stereocenters. The lowest BCUT2D eigenvalue weighted by Crippen LogP contribution is -2.49. The van der Waals surface area contributed by atoms with Crippen LogP contribution in [0, 0.1) is 5.92 Å². The average molecular weight is 525 g/mol. The highest BCUT2D eigenvalue weighted by Crippen LogP contribution is 2.53. The number of ether oxygens (including phenoxy) is 1. The smallest absolute Gasteiger partial charge is 0.379 e. The molecular formula is C27H27F3N6O2. The summed E-state index contributed by atoms with van der Waals surface area (Å²) in [4.78, 5) is 19.6. The van der Waals surface area contributed by atoms with Gasteiger partial charge in [-0.1, -0.05) is 6.07 Å². The largest absolute Gasteiger partial charge is 0.416 e. The molecule has 0 radical (unpaired) electrons. The van der Waals surface area contributed by atoms with Gasteiger partial charge >= 0.3 is 6.18 Å². The lowest BCUT2D eigenvalue weighted by Gasteiger charge is -2.43. The van der Waals surface area contributed by atoms with E-state index in [-0.39, 0.29) is 23.2 Å². The number of nitrogens with one attached hydrogen (secondary N) is 1. The Hall–Kier alpha value is -3.47. The summed E-state index contributed by atoms with van der Waals surface area (Å²) in [7, 11) is 1.89. The maximum absolute atomic E-state index is 13.7. The Morgan fingerprint density at radius 2 is 2.03 bits per heavy atom. The molecule has 0 spiro atoms. The number of hydrogen-bond acceptors (Lipinski definition) is 6. The van der Waals surface area contributed by atoms with Gasteiger partial charge in [-0.05, 0) is 67.0 Å². The molecule has 5 aliphatic rings. The van der Waals surface area contributed by atoms with Crippen molar-refractivity contribution in [1.29, 1.82) is 0 Å². The summed E-state index contributed by atoms with van der Waals surface area (Å²) in [6, 6.07) is 7.61. The molecule has 4 heterocycles. The number of rotatable bonds is 6. The first-order chi connectivity index (χ1) is 18.1. The minimum absolute atomic E-state index is 0.00185. The van der Waals surface area contributed by atoms with E-state index in [1.807, 2.05) is 23.7 Å². The Morgan fingerprint density at radius 1 is 1.21 bits per heavy atom. The zero-order chi connectivity index (χ0) is 26.3. The quantitative estimate of drug-likeness (QED) is 0.519. The summed E-state index contributed by atoms with van der Waals surface area (Å²) in [6.07, 6.45) is 2.10. The molecule has 2 aromatic heterocycles. The summed E-state index contributed by atoms with van der Waals surface area (Å²) in [5.74, 6) is 2.05. The second-order valence-corrected chi connectivity index (χ2v) is 11.3. The van der Waals surface area contributed by atoms with Crippen LogP contribution in [0.5, 0.6) is 0 Å². The van der Waals surface area contributed by atoms with Crippen molar-refractivity contribution in [2.45, 2.75) is 55.8 Å². The van der Waals surface area contributed by atoms with Crippen LogP contribution in [0.2, 0.25) is 0 Å². The summed E-state index contributed by atoms with van der Waals surface area (Å²) >= 11 is 0. The molecule has 11 heteroatoms. The standard InChI is InChI=1S/C27H27F3N6O2/c1-35-15-31-34-23(35)11-25(13-38-14-25)17-7-21(33-26-6-5-16(9-26)10-26)32-22(8-17)36-12-19-18(24(36)37)3-2-4-20(19)27(28,29)30/h2-4,7-8,15-16H,5-6,9-14H2,1H3,(H,32,33). The number of pyridine rings is 1. The monoisotopic (exact) mass is 524 g/mol.